The van der Waals surface area contributed by atoms with Crippen LogP contribution in [0.25, 0.3) is 0 Å². The van der Waals surface area contributed by atoms with Crippen LogP contribution in [0.3, 0.4) is 0 Å². The van der Waals surface area contributed by atoms with Crippen molar-refractivity contribution in [2.75, 3.05) is 18.9 Å². The number of aromatic nitrogens is 2. The highest BCUT2D eigenvalue weighted by Gasteiger charge is 2.12. The molecule has 76 valence electrons. The normalized spacial score (nSPS) is 14.6. The van der Waals surface area contributed by atoms with Gasteiger partial charge in [-0.2, -0.15) is 5.10 Å². The molecule has 2 rings (SSSR count). The van der Waals surface area contributed by atoms with Crippen molar-refractivity contribution >= 4 is 11.8 Å². The first-order valence-electron chi connectivity index (χ1n) is 4.56. The Balaban J connectivity index is 2.12. The van der Waals surface area contributed by atoms with Gasteiger partial charge in [0.15, 0.2) is 5.82 Å². The van der Waals surface area contributed by atoms with Crippen LogP contribution in [0.4, 0.5) is 10.6 Å². The Kier molecular flexibility index (Phi) is 2.36. The van der Waals surface area contributed by atoms with Crippen molar-refractivity contribution in [1.29, 1.82) is 0 Å². The average Bonchev–Trinajstić information content (AvgIpc) is 2.59. The molecular formula is C8H13N5O. The molecule has 6 heteroatoms. The number of nitrogens with zero attached hydrogens (tertiary/aromatic N) is 2. The third kappa shape index (κ3) is 1.69. The van der Waals surface area contributed by atoms with E-state index in [1.165, 1.54) is 0 Å². The number of amides is 2. The lowest BCUT2D eigenvalue weighted by atomic mass is 10.3. The summed E-state index contributed by atoms with van der Waals surface area (Å²) in [6.45, 7) is 2.58. The maximum atomic E-state index is 11.0. The van der Waals surface area contributed by atoms with Gasteiger partial charge in [-0.3, -0.25) is 10.00 Å². The number of hydrogen-bond donors (Lipinski definition) is 3. The van der Waals surface area contributed by atoms with Crippen LogP contribution in [0.15, 0.2) is 6.07 Å². The summed E-state index contributed by atoms with van der Waals surface area (Å²) in [6.07, 6.45) is 0. The minimum absolute atomic E-state index is 0.242. The lowest BCUT2D eigenvalue weighted by molar-refractivity contribution is 0.254. The van der Waals surface area contributed by atoms with Gasteiger partial charge < -0.3 is 10.6 Å². The summed E-state index contributed by atoms with van der Waals surface area (Å²) in [5.41, 5.74) is 1.10. The zero-order valence-corrected chi connectivity index (χ0v) is 8.00. The predicted molar refractivity (Wildman–Crippen MR) is 52.0 cm³/mol. The Morgan fingerprint density at radius 1 is 1.71 bits per heavy atom. The first-order valence-corrected chi connectivity index (χ1v) is 4.56. The van der Waals surface area contributed by atoms with E-state index in [0.29, 0.717) is 5.82 Å². The molecule has 0 saturated carbocycles. The molecule has 1 aliphatic heterocycles. The summed E-state index contributed by atoms with van der Waals surface area (Å²) in [5, 5.41) is 12.6. The largest absolute Gasteiger partial charge is 0.341 e. The minimum atomic E-state index is -0.242. The maximum absolute atomic E-state index is 11.0. The highest BCUT2D eigenvalue weighted by molar-refractivity contribution is 5.87. The molecular weight excluding hydrogens is 182 g/mol. The lowest BCUT2D eigenvalue weighted by Crippen LogP contribution is -2.28. The molecule has 0 radical (unpaired) electrons. The molecule has 0 aromatic carbocycles. The second-order valence-electron chi connectivity index (χ2n) is 3.12. The Morgan fingerprint density at radius 2 is 2.57 bits per heavy atom. The summed E-state index contributed by atoms with van der Waals surface area (Å²) >= 11 is 0. The van der Waals surface area contributed by atoms with Crippen LogP contribution >= 0.6 is 0 Å². The van der Waals surface area contributed by atoms with E-state index in [1.54, 1.807) is 7.05 Å². The van der Waals surface area contributed by atoms with Gasteiger partial charge in [0.1, 0.15) is 0 Å². The zero-order valence-electron chi connectivity index (χ0n) is 8.00. The maximum Gasteiger partial charge on any atom is 0.320 e. The first-order chi connectivity index (χ1) is 6.79. The average molecular weight is 195 g/mol. The Labute approximate surface area is 81.7 Å². The van der Waals surface area contributed by atoms with Crippen molar-refractivity contribution in [2.45, 2.75) is 13.1 Å². The summed E-state index contributed by atoms with van der Waals surface area (Å²) < 4.78 is 1.90. The van der Waals surface area contributed by atoms with Crippen LogP contribution in [0.1, 0.15) is 5.69 Å². The van der Waals surface area contributed by atoms with E-state index in [2.05, 4.69) is 21.0 Å². The molecule has 2 amide bonds. The number of anilines is 1. The van der Waals surface area contributed by atoms with Crippen molar-refractivity contribution in [1.82, 2.24) is 20.4 Å². The van der Waals surface area contributed by atoms with E-state index in [9.17, 15) is 4.79 Å². The molecule has 2 heterocycles. The van der Waals surface area contributed by atoms with Crippen LogP contribution in [0, 0.1) is 0 Å². The molecule has 1 aromatic heterocycles. The van der Waals surface area contributed by atoms with Crippen LogP contribution < -0.4 is 16.0 Å². The van der Waals surface area contributed by atoms with Crippen molar-refractivity contribution in [3.63, 3.8) is 0 Å². The third-order valence-corrected chi connectivity index (χ3v) is 2.14. The summed E-state index contributed by atoms with van der Waals surface area (Å²) in [5.74, 6) is 0.600. The van der Waals surface area contributed by atoms with Gasteiger partial charge in [0, 0.05) is 26.2 Å². The Bertz CT molecular complexity index is 322. The van der Waals surface area contributed by atoms with Gasteiger partial charge in [-0.25, -0.2) is 4.79 Å². The Hall–Kier alpha value is -1.56. The number of urea groups is 1. The highest BCUT2D eigenvalue weighted by Crippen LogP contribution is 2.11. The fraction of sp³-hybridized carbons (Fsp3) is 0.500. The fourth-order valence-corrected chi connectivity index (χ4v) is 1.43. The van der Waals surface area contributed by atoms with Gasteiger partial charge in [-0.1, -0.05) is 0 Å². The van der Waals surface area contributed by atoms with Gasteiger partial charge >= 0.3 is 6.03 Å². The molecule has 3 N–H and O–H groups in total. The van der Waals surface area contributed by atoms with Crippen molar-refractivity contribution < 1.29 is 4.79 Å². The number of carbonyl (C=O) groups excluding carboxylic acids is 1. The number of fused-ring (bicyclic) bond motifs is 1. The molecule has 0 aliphatic carbocycles. The summed E-state index contributed by atoms with van der Waals surface area (Å²) in [4.78, 5) is 11.0. The second-order valence-corrected chi connectivity index (χ2v) is 3.12. The van der Waals surface area contributed by atoms with E-state index in [0.717, 1.165) is 25.3 Å². The minimum Gasteiger partial charge on any atom is -0.341 e. The second kappa shape index (κ2) is 3.67. The van der Waals surface area contributed by atoms with Crippen molar-refractivity contribution in [3.8, 4) is 0 Å². The molecule has 0 atom stereocenters. The molecule has 14 heavy (non-hydrogen) atoms. The van der Waals surface area contributed by atoms with Crippen LogP contribution in [0.5, 0.6) is 0 Å². The van der Waals surface area contributed by atoms with Crippen LogP contribution in [-0.4, -0.2) is 29.4 Å². The molecule has 0 fully saturated rings. The summed E-state index contributed by atoms with van der Waals surface area (Å²) in [7, 11) is 1.58. The standard InChI is InChI=1S/C8H13N5O/c1-9-8(14)11-7-4-6-5-10-2-3-13(6)12-7/h4,10H,2-3,5H2,1H3,(H2,9,11,12,14). The van der Waals surface area contributed by atoms with E-state index in [1.807, 2.05) is 10.7 Å². The molecule has 0 bridgehead atoms. The monoisotopic (exact) mass is 195 g/mol. The SMILES string of the molecule is CNC(=O)Nc1cc2n(n1)CCNC2. The molecule has 1 aliphatic rings. The van der Waals surface area contributed by atoms with Crippen LogP contribution in [0.2, 0.25) is 0 Å². The van der Waals surface area contributed by atoms with Gasteiger partial charge in [-0.15, -0.1) is 0 Å². The Morgan fingerprint density at radius 3 is 3.29 bits per heavy atom. The van der Waals surface area contributed by atoms with E-state index in [-0.39, 0.29) is 6.03 Å². The zero-order chi connectivity index (χ0) is 9.97. The van der Waals surface area contributed by atoms with Crippen LogP contribution in [-0.2, 0) is 13.1 Å². The molecule has 0 saturated heterocycles. The molecule has 1 aromatic rings. The topological polar surface area (TPSA) is 71.0 Å². The van der Waals surface area contributed by atoms with Gasteiger partial charge in [0.2, 0.25) is 0 Å². The number of nitrogens with one attached hydrogen (secondary N) is 3. The summed E-state index contributed by atoms with van der Waals surface area (Å²) in [6, 6.07) is 1.63. The van der Waals surface area contributed by atoms with Gasteiger partial charge in [-0.05, 0) is 0 Å². The number of carbonyl (C=O) groups is 1. The predicted octanol–water partition coefficient (Wildman–Crippen LogP) is -0.262. The molecule has 0 unspecified atom stereocenters. The third-order valence-electron chi connectivity index (χ3n) is 2.14. The van der Waals surface area contributed by atoms with Crippen molar-refractivity contribution in [2.24, 2.45) is 0 Å². The quantitative estimate of drug-likeness (QED) is 0.578. The van der Waals surface area contributed by atoms with Gasteiger partial charge in [0.05, 0.1) is 12.2 Å². The van der Waals surface area contributed by atoms with E-state index < -0.39 is 0 Å². The molecule has 6 nitrogen and oxygen atoms in total. The number of rotatable bonds is 1. The van der Waals surface area contributed by atoms with Crippen molar-refractivity contribution in [3.05, 3.63) is 11.8 Å². The number of hydrogen-bond acceptors (Lipinski definition) is 3. The smallest absolute Gasteiger partial charge is 0.320 e. The fourth-order valence-electron chi connectivity index (χ4n) is 1.43. The highest BCUT2D eigenvalue weighted by atomic mass is 16.2. The first kappa shape index (κ1) is 9.01. The van der Waals surface area contributed by atoms with Gasteiger partial charge in [0.25, 0.3) is 0 Å². The molecule has 0 spiro atoms. The van der Waals surface area contributed by atoms with E-state index in [4.69, 9.17) is 0 Å². The lowest BCUT2D eigenvalue weighted by Gasteiger charge is -2.13. The van der Waals surface area contributed by atoms with E-state index >= 15 is 0 Å².